The molecule has 2 heterocycles. The number of aliphatic hydroxyl groups is 1. The van der Waals surface area contributed by atoms with E-state index in [4.69, 9.17) is 23.2 Å². The maximum Gasteiger partial charge on any atom is 0.0935 e. The SMILES string of the molecule is OC1(c2cccnc2)CCN(CC23CC(c4ccc(Cl)cc42)c2ccc(Cl)cc23)CC1. The van der Waals surface area contributed by atoms with Crippen molar-refractivity contribution in [1.29, 1.82) is 0 Å². The highest BCUT2D eigenvalue weighted by atomic mass is 35.5. The molecule has 0 radical (unpaired) electrons. The van der Waals surface area contributed by atoms with Gasteiger partial charge in [-0.1, -0.05) is 41.4 Å². The van der Waals surface area contributed by atoms with Crippen molar-refractivity contribution in [3.63, 3.8) is 0 Å². The molecule has 1 N–H and O–H groups in total. The molecular formula is C26H24Cl2N2O. The molecule has 1 aliphatic heterocycles. The molecule has 31 heavy (non-hydrogen) atoms. The number of rotatable bonds is 3. The maximum atomic E-state index is 11.2. The average molecular weight is 451 g/mol. The average Bonchev–Trinajstić information content (AvgIpc) is 3.27. The van der Waals surface area contributed by atoms with Gasteiger partial charge >= 0.3 is 0 Å². The predicted molar refractivity (Wildman–Crippen MR) is 124 cm³/mol. The van der Waals surface area contributed by atoms with E-state index in [0.717, 1.165) is 41.7 Å². The van der Waals surface area contributed by atoms with Crippen LogP contribution in [0.2, 0.25) is 10.0 Å². The summed E-state index contributed by atoms with van der Waals surface area (Å²) < 4.78 is 0. The van der Waals surface area contributed by atoms with Crippen LogP contribution in [0.25, 0.3) is 0 Å². The van der Waals surface area contributed by atoms with E-state index in [-0.39, 0.29) is 5.41 Å². The van der Waals surface area contributed by atoms with E-state index in [2.05, 4.69) is 34.1 Å². The second-order valence-corrected chi connectivity index (χ2v) is 10.2. The van der Waals surface area contributed by atoms with E-state index < -0.39 is 5.60 Å². The molecule has 158 valence electrons. The zero-order chi connectivity index (χ0) is 21.2. The van der Waals surface area contributed by atoms with Crippen molar-refractivity contribution in [2.45, 2.75) is 36.2 Å². The molecule has 1 saturated heterocycles. The Hall–Kier alpha value is -1.91. The summed E-state index contributed by atoms with van der Waals surface area (Å²) in [4.78, 5) is 6.71. The fraction of sp³-hybridized carbons (Fsp3) is 0.346. The summed E-state index contributed by atoms with van der Waals surface area (Å²) in [5.74, 6) is 0.414. The van der Waals surface area contributed by atoms with Crippen LogP contribution in [-0.2, 0) is 11.0 Å². The van der Waals surface area contributed by atoms with E-state index in [1.165, 1.54) is 22.3 Å². The summed E-state index contributed by atoms with van der Waals surface area (Å²) in [6.07, 6.45) is 6.04. The van der Waals surface area contributed by atoms with Crippen molar-refractivity contribution in [1.82, 2.24) is 9.88 Å². The number of nitrogens with zero attached hydrogens (tertiary/aromatic N) is 2. The zero-order valence-corrected chi connectivity index (χ0v) is 18.7. The van der Waals surface area contributed by atoms with E-state index in [1.54, 1.807) is 12.4 Å². The Morgan fingerprint density at radius 3 is 2.19 bits per heavy atom. The molecule has 3 nitrogen and oxygen atoms in total. The summed E-state index contributed by atoms with van der Waals surface area (Å²) >= 11 is 12.9. The van der Waals surface area contributed by atoms with Crippen molar-refractivity contribution in [2.75, 3.05) is 19.6 Å². The van der Waals surface area contributed by atoms with Crippen LogP contribution in [0.1, 0.15) is 53.0 Å². The highest BCUT2D eigenvalue weighted by molar-refractivity contribution is 6.31. The third-order valence-electron chi connectivity index (χ3n) is 7.74. The molecule has 1 fully saturated rings. The van der Waals surface area contributed by atoms with Gasteiger partial charge in [0.15, 0.2) is 0 Å². The van der Waals surface area contributed by atoms with E-state index >= 15 is 0 Å². The summed E-state index contributed by atoms with van der Waals surface area (Å²) in [6, 6.07) is 16.7. The number of aromatic nitrogens is 1. The second-order valence-electron chi connectivity index (χ2n) is 9.35. The van der Waals surface area contributed by atoms with Gasteiger partial charge in [-0.2, -0.15) is 0 Å². The largest absolute Gasteiger partial charge is 0.385 e. The van der Waals surface area contributed by atoms with E-state index in [0.29, 0.717) is 18.8 Å². The summed E-state index contributed by atoms with van der Waals surface area (Å²) in [5, 5.41) is 12.8. The maximum absolute atomic E-state index is 11.2. The molecule has 0 spiro atoms. The Labute approximate surface area is 192 Å². The molecule has 3 aromatic rings. The van der Waals surface area contributed by atoms with Crippen LogP contribution >= 0.6 is 23.2 Å². The molecular weight excluding hydrogens is 427 g/mol. The standard InChI is InChI=1S/C26H24Cl2N2O/c27-18-3-5-20-22-14-25(23(20)12-18,24-13-19(28)4-6-21(22)24)16-30-10-7-26(31,8-11-30)17-2-1-9-29-15-17/h1-6,9,12-13,15,22,31H,7-8,10-11,14,16H2. The van der Waals surface area contributed by atoms with Crippen LogP contribution in [0.15, 0.2) is 60.9 Å². The lowest BCUT2D eigenvalue weighted by Crippen LogP contribution is -2.47. The third kappa shape index (κ3) is 2.98. The molecule has 1 aromatic heterocycles. The van der Waals surface area contributed by atoms with E-state index in [9.17, 15) is 5.11 Å². The van der Waals surface area contributed by atoms with Crippen LogP contribution in [-0.4, -0.2) is 34.6 Å². The minimum Gasteiger partial charge on any atom is -0.385 e. The Morgan fingerprint density at radius 2 is 1.61 bits per heavy atom. The molecule has 6 rings (SSSR count). The fourth-order valence-corrected chi connectivity index (χ4v) is 6.56. The first-order chi connectivity index (χ1) is 15.0. The molecule has 0 amide bonds. The molecule has 0 unspecified atom stereocenters. The first-order valence-electron chi connectivity index (χ1n) is 10.9. The highest BCUT2D eigenvalue weighted by Crippen LogP contribution is 2.61. The van der Waals surface area contributed by atoms with Gasteiger partial charge in [-0.25, -0.2) is 0 Å². The number of hydrogen-bond donors (Lipinski definition) is 1. The van der Waals surface area contributed by atoms with Crippen LogP contribution < -0.4 is 0 Å². The highest BCUT2D eigenvalue weighted by Gasteiger charge is 2.53. The number of piperidine rings is 1. The predicted octanol–water partition coefficient (Wildman–Crippen LogP) is 5.51. The van der Waals surface area contributed by atoms with Crippen molar-refractivity contribution in [3.8, 4) is 0 Å². The Morgan fingerprint density at radius 1 is 0.968 bits per heavy atom. The van der Waals surface area contributed by atoms with Gasteiger partial charge in [-0.3, -0.25) is 4.98 Å². The lowest BCUT2D eigenvalue weighted by Gasteiger charge is -2.42. The van der Waals surface area contributed by atoms with Gasteiger partial charge in [-0.15, -0.1) is 0 Å². The van der Waals surface area contributed by atoms with Gasteiger partial charge in [0.05, 0.1) is 5.60 Å². The third-order valence-corrected chi connectivity index (χ3v) is 8.21. The van der Waals surface area contributed by atoms with Gasteiger partial charge in [0.1, 0.15) is 0 Å². The smallest absolute Gasteiger partial charge is 0.0935 e. The Balaban J connectivity index is 1.33. The first-order valence-corrected chi connectivity index (χ1v) is 11.7. The van der Waals surface area contributed by atoms with Crippen molar-refractivity contribution in [2.24, 2.45) is 0 Å². The van der Waals surface area contributed by atoms with Crippen molar-refractivity contribution < 1.29 is 5.11 Å². The second kappa shape index (κ2) is 7.05. The van der Waals surface area contributed by atoms with Crippen molar-refractivity contribution in [3.05, 3.63) is 98.8 Å². The molecule has 2 bridgehead atoms. The molecule has 5 heteroatoms. The lowest BCUT2D eigenvalue weighted by molar-refractivity contribution is -0.0291. The number of pyridine rings is 1. The number of hydrogen-bond acceptors (Lipinski definition) is 3. The zero-order valence-electron chi connectivity index (χ0n) is 17.2. The molecule has 2 aromatic carbocycles. The number of fused-ring (bicyclic) bond motifs is 8. The quantitative estimate of drug-likeness (QED) is 0.571. The van der Waals surface area contributed by atoms with Gasteiger partial charge in [0.2, 0.25) is 0 Å². The molecule has 3 aliphatic rings. The number of halogens is 2. The summed E-state index contributed by atoms with van der Waals surface area (Å²) in [6.45, 7) is 2.63. The number of likely N-dealkylation sites (tertiary alicyclic amines) is 1. The first kappa shape index (κ1) is 19.8. The van der Waals surface area contributed by atoms with Gasteiger partial charge in [-0.05, 0) is 71.8 Å². The van der Waals surface area contributed by atoms with Gasteiger partial charge < -0.3 is 10.0 Å². The minimum absolute atomic E-state index is 0.0884. The van der Waals surface area contributed by atoms with Gasteiger partial charge in [0.25, 0.3) is 0 Å². The topological polar surface area (TPSA) is 36.4 Å². The minimum atomic E-state index is -0.793. The summed E-state index contributed by atoms with van der Waals surface area (Å²) in [5.41, 5.74) is 5.56. The number of benzene rings is 2. The normalized spacial score (nSPS) is 26.0. The Bertz CT molecular complexity index is 1100. The van der Waals surface area contributed by atoms with E-state index in [1.807, 2.05) is 24.3 Å². The lowest BCUT2D eigenvalue weighted by atomic mass is 9.74. The molecule has 0 atom stereocenters. The van der Waals surface area contributed by atoms with Crippen LogP contribution in [0.3, 0.4) is 0 Å². The monoisotopic (exact) mass is 450 g/mol. The fourth-order valence-electron chi connectivity index (χ4n) is 6.22. The summed E-state index contributed by atoms with van der Waals surface area (Å²) in [7, 11) is 0. The van der Waals surface area contributed by atoms with Crippen LogP contribution in [0.5, 0.6) is 0 Å². The molecule has 2 aliphatic carbocycles. The Kier molecular flexibility index (Phi) is 4.49. The van der Waals surface area contributed by atoms with Crippen molar-refractivity contribution >= 4 is 23.2 Å². The van der Waals surface area contributed by atoms with Gasteiger partial charge in [0, 0.05) is 59.0 Å². The van der Waals surface area contributed by atoms with Crippen LogP contribution in [0.4, 0.5) is 0 Å². The van der Waals surface area contributed by atoms with Crippen LogP contribution in [0, 0.1) is 0 Å². The molecule has 0 saturated carbocycles.